The van der Waals surface area contributed by atoms with Crippen LogP contribution < -0.4 is 5.32 Å². The standard InChI is InChI=1S/C13H26N2O3S.ClH/c1-13(2,19(4,17)18)12(16)15-9-6-11(7-10-15)5-8-14-3;/h11,14H,5-10H2,1-4H3;1H. The van der Waals surface area contributed by atoms with E-state index in [1.54, 1.807) is 4.90 Å². The number of nitrogens with zero attached hydrogens (tertiary/aromatic N) is 1. The molecule has 1 N–H and O–H groups in total. The number of amides is 1. The highest BCUT2D eigenvalue weighted by molar-refractivity contribution is 7.92. The maximum atomic E-state index is 12.3. The Labute approximate surface area is 128 Å². The van der Waals surface area contributed by atoms with Crippen molar-refractivity contribution in [1.82, 2.24) is 10.2 Å². The molecular formula is C13H27ClN2O3S. The van der Waals surface area contributed by atoms with Gasteiger partial charge in [-0.05, 0) is 52.6 Å². The number of likely N-dealkylation sites (tertiary alicyclic amines) is 1. The molecule has 1 aliphatic heterocycles. The van der Waals surface area contributed by atoms with Crippen LogP contribution in [-0.4, -0.2) is 56.9 Å². The molecule has 1 heterocycles. The van der Waals surface area contributed by atoms with Crippen LogP contribution in [0.4, 0.5) is 0 Å². The van der Waals surface area contributed by atoms with Gasteiger partial charge in [0.15, 0.2) is 9.84 Å². The van der Waals surface area contributed by atoms with Crippen molar-refractivity contribution in [2.75, 3.05) is 32.9 Å². The minimum atomic E-state index is -3.38. The molecule has 1 rings (SSSR count). The molecule has 0 radical (unpaired) electrons. The van der Waals surface area contributed by atoms with Crippen LogP contribution in [0.15, 0.2) is 0 Å². The van der Waals surface area contributed by atoms with Gasteiger partial charge in [-0.1, -0.05) is 0 Å². The minimum Gasteiger partial charge on any atom is -0.341 e. The van der Waals surface area contributed by atoms with E-state index in [0.29, 0.717) is 19.0 Å². The van der Waals surface area contributed by atoms with Crippen molar-refractivity contribution in [1.29, 1.82) is 0 Å². The third kappa shape index (κ3) is 4.60. The summed E-state index contributed by atoms with van der Waals surface area (Å²) in [4.78, 5) is 14.0. The summed E-state index contributed by atoms with van der Waals surface area (Å²) in [5.74, 6) is 0.375. The lowest BCUT2D eigenvalue weighted by Gasteiger charge is -2.36. The molecule has 7 heteroatoms. The molecule has 1 aliphatic rings. The molecule has 5 nitrogen and oxygen atoms in total. The van der Waals surface area contributed by atoms with Gasteiger partial charge in [0.05, 0.1) is 0 Å². The zero-order valence-electron chi connectivity index (χ0n) is 12.8. The normalized spacial score (nSPS) is 17.7. The van der Waals surface area contributed by atoms with Crippen LogP contribution in [0.1, 0.15) is 33.1 Å². The molecule has 20 heavy (non-hydrogen) atoms. The third-order valence-electron chi connectivity index (χ3n) is 4.15. The number of carbonyl (C=O) groups excluding carboxylic acids is 1. The summed E-state index contributed by atoms with van der Waals surface area (Å²) in [6.07, 6.45) is 4.18. The number of piperidine rings is 1. The predicted molar refractivity (Wildman–Crippen MR) is 84.0 cm³/mol. The predicted octanol–water partition coefficient (Wildman–Crippen LogP) is 1.08. The summed E-state index contributed by atoms with van der Waals surface area (Å²) in [7, 11) is -1.44. The SMILES string of the molecule is CNCCC1CCN(C(=O)C(C)(C)S(C)(=O)=O)CC1.Cl. The molecule has 0 atom stereocenters. The first-order valence-electron chi connectivity index (χ1n) is 6.83. The second kappa shape index (κ2) is 7.61. The van der Waals surface area contributed by atoms with Crippen molar-refractivity contribution in [2.45, 2.75) is 37.9 Å². The zero-order chi connectivity index (χ0) is 14.7. The van der Waals surface area contributed by atoms with Crippen LogP contribution in [0, 0.1) is 5.92 Å². The van der Waals surface area contributed by atoms with Crippen LogP contribution in [0.5, 0.6) is 0 Å². The van der Waals surface area contributed by atoms with Crippen LogP contribution in [0.3, 0.4) is 0 Å². The third-order valence-corrected chi connectivity index (χ3v) is 6.17. The highest BCUT2D eigenvalue weighted by atomic mass is 35.5. The lowest BCUT2D eigenvalue weighted by molar-refractivity contribution is -0.134. The summed E-state index contributed by atoms with van der Waals surface area (Å²) >= 11 is 0. The van der Waals surface area contributed by atoms with Gasteiger partial charge in [-0.3, -0.25) is 4.79 Å². The van der Waals surface area contributed by atoms with Crippen LogP contribution in [0.25, 0.3) is 0 Å². The number of rotatable bonds is 5. The van der Waals surface area contributed by atoms with Gasteiger partial charge in [0.1, 0.15) is 4.75 Å². The van der Waals surface area contributed by atoms with Crippen molar-refractivity contribution in [3.8, 4) is 0 Å². The lowest BCUT2D eigenvalue weighted by Crippen LogP contribution is -2.52. The van der Waals surface area contributed by atoms with E-state index in [2.05, 4.69) is 5.32 Å². The van der Waals surface area contributed by atoms with Crippen molar-refractivity contribution in [3.05, 3.63) is 0 Å². The Morgan fingerprint density at radius 1 is 1.30 bits per heavy atom. The van der Waals surface area contributed by atoms with Crippen LogP contribution in [-0.2, 0) is 14.6 Å². The van der Waals surface area contributed by atoms with E-state index >= 15 is 0 Å². The monoisotopic (exact) mass is 326 g/mol. The summed E-state index contributed by atoms with van der Waals surface area (Å²) < 4.78 is 22.1. The molecule has 1 fully saturated rings. The van der Waals surface area contributed by atoms with E-state index in [0.717, 1.165) is 32.1 Å². The Morgan fingerprint density at radius 3 is 2.20 bits per heavy atom. The molecule has 1 amide bonds. The Morgan fingerprint density at radius 2 is 1.80 bits per heavy atom. The molecule has 120 valence electrons. The van der Waals surface area contributed by atoms with E-state index in [9.17, 15) is 13.2 Å². The van der Waals surface area contributed by atoms with E-state index in [1.165, 1.54) is 13.8 Å². The fourth-order valence-electron chi connectivity index (χ4n) is 2.31. The van der Waals surface area contributed by atoms with Crippen LogP contribution >= 0.6 is 12.4 Å². The zero-order valence-corrected chi connectivity index (χ0v) is 14.4. The van der Waals surface area contributed by atoms with Crippen molar-refractivity contribution in [3.63, 3.8) is 0 Å². The van der Waals surface area contributed by atoms with Crippen molar-refractivity contribution < 1.29 is 13.2 Å². The molecule has 0 aliphatic carbocycles. The Hall–Kier alpha value is -0.330. The number of halogens is 1. The molecule has 0 aromatic rings. The highest BCUT2D eigenvalue weighted by Gasteiger charge is 2.41. The summed E-state index contributed by atoms with van der Waals surface area (Å²) in [5, 5.41) is 3.13. The number of carbonyl (C=O) groups is 1. The molecule has 0 spiro atoms. The Kier molecular flexibility index (Phi) is 7.49. The average Bonchev–Trinajstić information content (AvgIpc) is 2.34. The van der Waals surface area contributed by atoms with Gasteiger partial charge in [-0.25, -0.2) is 8.42 Å². The summed E-state index contributed by atoms with van der Waals surface area (Å²) in [5.41, 5.74) is 0. The molecule has 0 saturated carbocycles. The fraction of sp³-hybridized carbons (Fsp3) is 0.923. The quantitative estimate of drug-likeness (QED) is 0.821. The lowest BCUT2D eigenvalue weighted by atomic mass is 9.93. The Balaban J connectivity index is 0.00000361. The molecule has 0 unspecified atom stereocenters. The van der Waals surface area contributed by atoms with Gasteiger partial charge in [0, 0.05) is 19.3 Å². The molecule has 0 aromatic heterocycles. The Bertz CT molecular complexity index is 415. The van der Waals surface area contributed by atoms with E-state index in [-0.39, 0.29) is 18.3 Å². The molecular weight excluding hydrogens is 300 g/mol. The minimum absolute atomic E-state index is 0. The second-order valence-corrected chi connectivity index (χ2v) is 8.48. The topological polar surface area (TPSA) is 66.5 Å². The summed E-state index contributed by atoms with van der Waals surface area (Å²) in [6.45, 7) is 5.33. The molecule has 1 saturated heterocycles. The molecule has 0 bridgehead atoms. The highest BCUT2D eigenvalue weighted by Crippen LogP contribution is 2.25. The van der Waals surface area contributed by atoms with Gasteiger partial charge in [0.2, 0.25) is 5.91 Å². The number of hydrogen-bond donors (Lipinski definition) is 1. The second-order valence-electron chi connectivity index (χ2n) is 5.91. The number of hydrogen-bond acceptors (Lipinski definition) is 4. The van der Waals surface area contributed by atoms with E-state index in [4.69, 9.17) is 0 Å². The van der Waals surface area contributed by atoms with Crippen LogP contribution in [0.2, 0.25) is 0 Å². The fourth-order valence-corrected chi connectivity index (χ4v) is 2.76. The largest absolute Gasteiger partial charge is 0.341 e. The van der Waals surface area contributed by atoms with Gasteiger partial charge < -0.3 is 10.2 Å². The number of sulfone groups is 1. The maximum Gasteiger partial charge on any atom is 0.243 e. The maximum absolute atomic E-state index is 12.3. The van der Waals surface area contributed by atoms with Gasteiger partial charge in [0.25, 0.3) is 0 Å². The number of nitrogens with one attached hydrogen (secondary N) is 1. The van der Waals surface area contributed by atoms with Gasteiger partial charge in [-0.2, -0.15) is 0 Å². The smallest absolute Gasteiger partial charge is 0.243 e. The summed E-state index contributed by atoms with van der Waals surface area (Å²) in [6, 6.07) is 0. The first-order valence-corrected chi connectivity index (χ1v) is 8.73. The molecule has 0 aromatic carbocycles. The average molecular weight is 327 g/mol. The van der Waals surface area contributed by atoms with Crippen molar-refractivity contribution in [2.24, 2.45) is 5.92 Å². The first-order chi connectivity index (χ1) is 8.70. The first kappa shape index (κ1) is 19.7. The van der Waals surface area contributed by atoms with Crippen molar-refractivity contribution >= 4 is 28.2 Å². The van der Waals surface area contributed by atoms with Gasteiger partial charge >= 0.3 is 0 Å². The van der Waals surface area contributed by atoms with Gasteiger partial charge in [-0.15, -0.1) is 12.4 Å². The van der Waals surface area contributed by atoms with E-state index in [1.807, 2.05) is 7.05 Å². The van der Waals surface area contributed by atoms with E-state index < -0.39 is 14.6 Å².